The monoisotopic (exact) mass is 520 g/mol. The van der Waals surface area contributed by atoms with Gasteiger partial charge in [0, 0.05) is 41.5 Å². The van der Waals surface area contributed by atoms with Crippen molar-refractivity contribution in [2.24, 2.45) is 0 Å². The molecule has 0 unspecified atom stereocenters. The van der Waals surface area contributed by atoms with E-state index in [4.69, 9.17) is 21.3 Å². The second-order valence-electron chi connectivity index (χ2n) is 9.07. The molecule has 190 valence electrons. The van der Waals surface area contributed by atoms with E-state index in [0.29, 0.717) is 45.5 Å². The van der Waals surface area contributed by atoms with Crippen LogP contribution in [0.15, 0.2) is 48.0 Å². The number of carbonyl (C=O) groups excluding carboxylic acids is 2. The highest BCUT2D eigenvalue weighted by molar-refractivity contribution is 6.36. The molecule has 0 spiro atoms. The number of benzene rings is 2. The van der Waals surface area contributed by atoms with Crippen LogP contribution in [0.5, 0.6) is 5.88 Å². The topological polar surface area (TPSA) is 83.6 Å². The predicted octanol–water partition coefficient (Wildman–Crippen LogP) is 4.86. The molecule has 0 saturated carbocycles. The van der Waals surface area contributed by atoms with Crippen LogP contribution < -0.4 is 15.5 Å². The highest BCUT2D eigenvalue weighted by Gasteiger charge is 2.26. The van der Waals surface area contributed by atoms with Crippen molar-refractivity contribution in [3.8, 4) is 28.3 Å². The van der Waals surface area contributed by atoms with E-state index in [2.05, 4.69) is 10.7 Å². The first-order valence-electron chi connectivity index (χ1n) is 12.0. The Balaban J connectivity index is 1.54. The normalized spacial score (nSPS) is 14.9. The third-order valence-electron chi connectivity index (χ3n) is 6.87. The maximum Gasteiger partial charge on any atom is 0.273 e. The molecule has 0 atom stereocenters. The highest BCUT2D eigenvalue weighted by atomic mass is 35.5. The number of nitrogens with zero attached hydrogens (tertiary/aromatic N) is 2. The number of pyridine rings is 1. The lowest BCUT2D eigenvalue weighted by Crippen LogP contribution is -2.46. The van der Waals surface area contributed by atoms with Crippen LogP contribution in [0.1, 0.15) is 23.1 Å². The van der Waals surface area contributed by atoms with Crippen molar-refractivity contribution in [2.75, 3.05) is 26.0 Å². The lowest BCUT2D eigenvalue weighted by atomic mass is 9.95. The molecule has 3 aromatic rings. The molecule has 0 saturated heterocycles. The molecule has 2 aromatic carbocycles. The fraction of sp³-hybridized carbons (Fsp3) is 0.250. The van der Waals surface area contributed by atoms with Gasteiger partial charge in [0.2, 0.25) is 5.88 Å². The minimum Gasteiger partial charge on any atom is -0.481 e. The van der Waals surface area contributed by atoms with Gasteiger partial charge >= 0.3 is 0 Å². The zero-order valence-electron chi connectivity index (χ0n) is 20.7. The van der Waals surface area contributed by atoms with E-state index >= 15 is 4.39 Å². The van der Waals surface area contributed by atoms with Crippen LogP contribution in [0.2, 0.25) is 5.02 Å². The number of nitrogens with one attached hydrogen (secondary N) is 2. The predicted molar refractivity (Wildman–Crippen MR) is 141 cm³/mol. The number of methoxy groups -OCH3 is 1. The number of fused-ring (bicyclic) bond motifs is 1. The standard InChI is InChI=1S/C28H26ClFN4O3/c1-15-22(32-26(35)20-12-13-31-34(2)28(20)36)11-10-21(30)24(15)19-9-5-8-18(25(19)29)23-14-16-6-4-7-17(16)27(33-23)37-3/h5,8-12,14,31H,4,6-7,13H2,1-3H3,(H,32,35). The quantitative estimate of drug-likeness (QED) is 0.470. The Morgan fingerprint density at radius 1 is 1.22 bits per heavy atom. The van der Waals surface area contributed by atoms with Crippen LogP contribution in [0.3, 0.4) is 0 Å². The molecule has 37 heavy (non-hydrogen) atoms. The molecule has 0 radical (unpaired) electrons. The molecule has 2 heterocycles. The number of hydrogen-bond donors (Lipinski definition) is 2. The van der Waals surface area contributed by atoms with Gasteiger partial charge in [-0.2, -0.15) is 0 Å². The molecule has 0 bridgehead atoms. The molecule has 7 nitrogen and oxygen atoms in total. The summed E-state index contributed by atoms with van der Waals surface area (Å²) in [6, 6.07) is 10.2. The van der Waals surface area contributed by atoms with Crippen molar-refractivity contribution in [2.45, 2.75) is 26.2 Å². The number of rotatable bonds is 5. The van der Waals surface area contributed by atoms with E-state index in [1.54, 1.807) is 33.2 Å². The smallest absolute Gasteiger partial charge is 0.273 e. The maximum absolute atomic E-state index is 15.2. The van der Waals surface area contributed by atoms with Crippen LogP contribution in [-0.4, -0.2) is 42.5 Å². The molecular weight excluding hydrogens is 495 g/mol. The number of hydrogen-bond acceptors (Lipinski definition) is 5. The number of halogens is 2. The molecule has 2 aliphatic rings. The van der Waals surface area contributed by atoms with Gasteiger partial charge < -0.3 is 10.1 Å². The number of ether oxygens (including phenoxy) is 1. The van der Waals surface area contributed by atoms with Crippen molar-refractivity contribution in [3.05, 3.63) is 75.6 Å². The minimum atomic E-state index is -0.562. The van der Waals surface area contributed by atoms with Gasteiger partial charge in [-0.1, -0.05) is 35.9 Å². The Kier molecular flexibility index (Phi) is 6.70. The fourth-order valence-electron chi connectivity index (χ4n) is 4.92. The number of amides is 2. The molecular formula is C28H26ClFN4O3. The van der Waals surface area contributed by atoms with Crippen LogP contribution >= 0.6 is 11.6 Å². The summed E-state index contributed by atoms with van der Waals surface area (Å²) in [7, 11) is 3.15. The maximum atomic E-state index is 15.2. The van der Waals surface area contributed by atoms with Crippen LogP contribution in [0.25, 0.3) is 22.4 Å². The average molecular weight is 521 g/mol. The lowest BCUT2D eigenvalue weighted by Gasteiger charge is -2.23. The third-order valence-corrected chi connectivity index (χ3v) is 7.27. The first-order chi connectivity index (χ1) is 17.8. The molecule has 0 fully saturated rings. The van der Waals surface area contributed by atoms with Crippen LogP contribution in [-0.2, 0) is 22.4 Å². The second-order valence-corrected chi connectivity index (χ2v) is 9.45. The van der Waals surface area contributed by atoms with Crippen molar-refractivity contribution in [3.63, 3.8) is 0 Å². The van der Waals surface area contributed by atoms with E-state index in [-0.39, 0.29) is 11.1 Å². The summed E-state index contributed by atoms with van der Waals surface area (Å²) in [5.41, 5.74) is 8.08. The number of likely N-dealkylation sites (N-methyl/N-ethyl adjacent to an activating group) is 1. The minimum absolute atomic E-state index is 0.0168. The van der Waals surface area contributed by atoms with Crippen molar-refractivity contribution < 1.29 is 18.7 Å². The summed E-state index contributed by atoms with van der Waals surface area (Å²) in [6.45, 7) is 2.06. The summed E-state index contributed by atoms with van der Waals surface area (Å²) < 4.78 is 20.8. The fourth-order valence-corrected chi connectivity index (χ4v) is 5.24. The van der Waals surface area contributed by atoms with Crippen LogP contribution in [0, 0.1) is 12.7 Å². The zero-order chi connectivity index (χ0) is 26.3. The Bertz CT molecular complexity index is 1470. The number of carbonyl (C=O) groups is 2. The van der Waals surface area contributed by atoms with Gasteiger partial charge in [0.15, 0.2) is 0 Å². The molecule has 5 rings (SSSR count). The third kappa shape index (κ3) is 4.47. The Hall–Kier alpha value is -3.75. The van der Waals surface area contributed by atoms with Gasteiger partial charge in [0.1, 0.15) is 11.4 Å². The Labute approximate surface area is 219 Å². The molecule has 2 N–H and O–H groups in total. The van der Waals surface area contributed by atoms with Crippen molar-refractivity contribution >= 4 is 29.1 Å². The van der Waals surface area contributed by atoms with Gasteiger partial charge in [-0.15, -0.1) is 0 Å². The van der Waals surface area contributed by atoms with E-state index in [0.717, 1.165) is 24.8 Å². The largest absolute Gasteiger partial charge is 0.481 e. The van der Waals surface area contributed by atoms with E-state index < -0.39 is 17.6 Å². The molecule has 9 heteroatoms. The lowest BCUT2D eigenvalue weighted by molar-refractivity contribution is -0.131. The number of hydrazine groups is 1. The second kappa shape index (κ2) is 9.95. The van der Waals surface area contributed by atoms with Gasteiger partial charge in [0.25, 0.3) is 11.8 Å². The summed E-state index contributed by atoms with van der Waals surface area (Å²) in [6.07, 6.45) is 4.44. The Morgan fingerprint density at radius 2 is 2.00 bits per heavy atom. The summed E-state index contributed by atoms with van der Waals surface area (Å²) in [5, 5.41) is 4.36. The van der Waals surface area contributed by atoms with Crippen LogP contribution in [0.4, 0.5) is 10.1 Å². The van der Waals surface area contributed by atoms with E-state index in [1.807, 2.05) is 12.1 Å². The first kappa shape index (κ1) is 24.9. The average Bonchev–Trinajstić information content (AvgIpc) is 3.36. The zero-order valence-corrected chi connectivity index (χ0v) is 21.5. The molecule has 1 aliphatic heterocycles. The Morgan fingerprint density at radius 3 is 2.78 bits per heavy atom. The van der Waals surface area contributed by atoms with Gasteiger partial charge in [0.05, 0.1) is 17.8 Å². The number of aryl methyl sites for hydroxylation is 1. The van der Waals surface area contributed by atoms with Gasteiger partial charge in [-0.25, -0.2) is 14.8 Å². The summed E-state index contributed by atoms with van der Waals surface area (Å²) in [4.78, 5) is 29.9. The number of aromatic nitrogens is 1. The molecule has 1 aromatic heterocycles. The van der Waals surface area contributed by atoms with E-state index in [9.17, 15) is 9.59 Å². The van der Waals surface area contributed by atoms with Gasteiger partial charge in [-0.3, -0.25) is 14.6 Å². The summed E-state index contributed by atoms with van der Waals surface area (Å²) in [5.74, 6) is -0.901. The van der Waals surface area contributed by atoms with Crippen molar-refractivity contribution in [1.29, 1.82) is 0 Å². The SMILES string of the molecule is COc1nc(-c2cccc(-c3c(F)ccc(NC(=O)C4=CCNN(C)C4=O)c3C)c2Cl)cc2c1CCC2. The van der Waals surface area contributed by atoms with Crippen molar-refractivity contribution in [1.82, 2.24) is 15.4 Å². The summed E-state index contributed by atoms with van der Waals surface area (Å²) >= 11 is 6.88. The van der Waals surface area contributed by atoms with E-state index in [1.165, 1.54) is 28.8 Å². The highest BCUT2D eigenvalue weighted by Crippen LogP contribution is 2.41. The first-order valence-corrected chi connectivity index (χ1v) is 12.4. The molecule has 2 amide bonds. The molecule has 1 aliphatic carbocycles. The van der Waals surface area contributed by atoms with Gasteiger partial charge in [-0.05, 0) is 55.5 Å². The number of anilines is 1.